The van der Waals surface area contributed by atoms with Gasteiger partial charge in [-0.25, -0.2) is 19.4 Å². The van der Waals surface area contributed by atoms with Gasteiger partial charge in [-0.2, -0.15) is 0 Å². The number of isocyanates is 1. The van der Waals surface area contributed by atoms with E-state index in [1.54, 1.807) is 0 Å². The molecule has 0 amide bonds. The summed E-state index contributed by atoms with van der Waals surface area (Å²) in [6.07, 6.45) is 1.38. The molecule has 19 heavy (non-hydrogen) atoms. The van der Waals surface area contributed by atoms with Crippen LogP contribution in [0.2, 0.25) is 0 Å². The Bertz CT molecular complexity index is 391. The van der Waals surface area contributed by atoms with E-state index in [4.69, 9.17) is 9.47 Å². The van der Waals surface area contributed by atoms with Gasteiger partial charge in [0.05, 0.1) is 19.8 Å². The molecule has 0 aromatic rings. The first-order valence-electron chi connectivity index (χ1n) is 5.57. The number of hydrogen-bond donors (Lipinski definition) is 0. The summed E-state index contributed by atoms with van der Waals surface area (Å²) in [5, 5.41) is 0. The van der Waals surface area contributed by atoms with E-state index in [2.05, 4.69) is 18.2 Å². The molecule has 0 aliphatic carbocycles. The molecule has 0 aromatic carbocycles. The van der Waals surface area contributed by atoms with E-state index in [1.165, 1.54) is 19.9 Å². The zero-order valence-electron chi connectivity index (χ0n) is 11.1. The van der Waals surface area contributed by atoms with Gasteiger partial charge < -0.3 is 9.47 Å². The highest BCUT2D eigenvalue weighted by Crippen LogP contribution is 2.04. The Morgan fingerprint density at radius 3 is 1.84 bits per heavy atom. The number of carbonyl (C=O) groups excluding carboxylic acids is 3. The number of ether oxygens (including phenoxy) is 2. The SMILES string of the molecule is C=C(C)C(=O)OCC(CN=C=O)COC(=O)C(=C)C. The zero-order chi connectivity index (χ0) is 14.8. The highest BCUT2D eigenvalue weighted by molar-refractivity contribution is 5.87. The molecule has 0 heterocycles. The summed E-state index contributed by atoms with van der Waals surface area (Å²) in [5.41, 5.74) is 0.521. The molecule has 6 nitrogen and oxygen atoms in total. The Balaban J connectivity index is 4.34. The molecule has 0 aliphatic heterocycles. The molecule has 104 valence electrons. The van der Waals surface area contributed by atoms with Crippen LogP contribution in [-0.4, -0.2) is 37.8 Å². The van der Waals surface area contributed by atoms with E-state index in [9.17, 15) is 14.4 Å². The number of nitrogens with zero attached hydrogens (tertiary/aromatic N) is 1. The van der Waals surface area contributed by atoms with Crippen molar-refractivity contribution in [2.24, 2.45) is 10.9 Å². The van der Waals surface area contributed by atoms with E-state index in [-0.39, 0.29) is 30.9 Å². The Morgan fingerprint density at radius 1 is 1.11 bits per heavy atom. The summed E-state index contributed by atoms with van der Waals surface area (Å²) in [6.45, 7) is 9.90. The first-order valence-corrected chi connectivity index (χ1v) is 5.57. The number of rotatable bonds is 8. The average molecular weight is 267 g/mol. The monoisotopic (exact) mass is 267 g/mol. The summed E-state index contributed by atoms with van der Waals surface area (Å²) in [4.78, 5) is 35.9. The minimum Gasteiger partial charge on any atom is -0.462 e. The summed E-state index contributed by atoms with van der Waals surface area (Å²) in [7, 11) is 0. The van der Waals surface area contributed by atoms with Crippen molar-refractivity contribution in [1.29, 1.82) is 0 Å². The lowest BCUT2D eigenvalue weighted by atomic mass is 10.2. The van der Waals surface area contributed by atoms with Crippen LogP contribution in [0.4, 0.5) is 0 Å². The Morgan fingerprint density at radius 2 is 1.53 bits per heavy atom. The van der Waals surface area contributed by atoms with Gasteiger partial charge >= 0.3 is 11.9 Å². The average Bonchev–Trinajstić information content (AvgIpc) is 2.36. The molecular weight excluding hydrogens is 250 g/mol. The van der Waals surface area contributed by atoms with Crippen LogP contribution in [-0.2, 0) is 23.9 Å². The Labute approximate surface area is 111 Å². The van der Waals surface area contributed by atoms with E-state index in [1.807, 2.05) is 0 Å². The van der Waals surface area contributed by atoms with E-state index >= 15 is 0 Å². The summed E-state index contributed by atoms with van der Waals surface area (Å²) < 4.78 is 9.83. The van der Waals surface area contributed by atoms with Crippen LogP contribution < -0.4 is 0 Å². The van der Waals surface area contributed by atoms with Gasteiger partial charge in [-0.3, -0.25) is 0 Å². The van der Waals surface area contributed by atoms with Crippen LogP contribution in [0.1, 0.15) is 13.8 Å². The van der Waals surface area contributed by atoms with Crippen molar-refractivity contribution in [3.63, 3.8) is 0 Å². The van der Waals surface area contributed by atoms with E-state index in [0.29, 0.717) is 0 Å². The number of carbonyl (C=O) groups is 2. The topological polar surface area (TPSA) is 82.0 Å². The van der Waals surface area contributed by atoms with Gasteiger partial charge in [0, 0.05) is 17.1 Å². The van der Waals surface area contributed by atoms with Gasteiger partial charge in [0.25, 0.3) is 0 Å². The predicted molar refractivity (Wildman–Crippen MR) is 68.0 cm³/mol. The summed E-state index contributed by atoms with van der Waals surface area (Å²) in [5.74, 6) is -1.51. The van der Waals surface area contributed by atoms with Crippen molar-refractivity contribution >= 4 is 18.0 Å². The molecule has 0 aliphatic rings. The fourth-order valence-corrected chi connectivity index (χ4v) is 0.953. The first-order chi connectivity index (χ1) is 8.88. The maximum absolute atomic E-state index is 11.2. The van der Waals surface area contributed by atoms with E-state index in [0.717, 1.165) is 0 Å². The molecule has 6 heteroatoms. The highest BCUT2D eigenvalue weighted by Gasteiger charge is 2.15. The van der Waals surface area contributed by atoms with Crippen molar-refractivity contribution < 1.29 is 23.9 Å². The number of aliphatic imine (C=N–C) groups is 1. The maximum Gasteiger partial charge on any atom is 0.333 e. The lowest BCUT2D eigenvalue weighted by Crippen LogP contribution is -2.23. The Kier molecular flexibility index (Phi) is 7.81. The van der Waals surface area contributed by atoms with Crippen LogP contribution in [0.3, 0.4) is 0 Å². The third-order valence-electron chi connectivity index (χ3n) is 2.01. The van der Waals surface area contributed by atoms with Gasteiger partial charge in [0.1, 0.15) is 0 Å². The summed E-state index contributed by atoms with van der Waals surface area (Å²) >= 11 is 0. The molecule has 0 bridgehead atoms. The van der Waals surface area contributed by atoms with Gasteiger partial charge in [0.15, 0.2) is 0 Å². The highest BCUT2D eigenvalue weighted by atomic mass is 16.5. The second-order valence-electron chi connectivity index (χ2n) is 4.06. The van der Waals surface area contributed by atoms with Gasteiger partial charge in [-0.15, -0.1) is 0 Å². The van der Waals surface area contributed by atoms with Crippen LogP contribution in [0.5, 0.6) is 0 Å². The van der Waals surface area contributed by atoms with Crippen molar-refractivity contribution in [2.75, 3.05) is 19.8 Å². The molecule has 0 fully saturated rings. The lowest BCUT2D eigenvalue weighted by molar-refractivity contribution is -0.143. The third kappa shape index (κ3) is 7.68. The van der Waals surface area contributed by atoms with Gasteiger partial charge in [0.2, 0.25) is 6.08 Å². The molecule has 0 spiro atoms. The molecule has 0 rings (SSSR count). The molecule has 0 saturated carbocycles. The largest absolute Gasteiger partial charge is 0.462 e. The van der Waals surface area contributed by atoms with Gasteiger partial charge in [-0.05, 0) is 13.8 Å². The fraction of sp³-hybridized carbons (Fsp3) is 0.462. The van der Waals surface area contributed by atoms with Crippen LogP contribution >= 0.6 is 0 Å². The number of esters is 2. The standard InChI is InChI=1S/C13H17NO5/c1-9(2)12(16)18-6-11(5-14-8-15)7-19-13(17)10(3)4/h11H,1,3,5-7H2,2,4H3. The van der Waals surface area contributed by atoms with Gasteiger partial charge in [-0.1, -0.05) is 13.2 Å². The molecule has 0 saturated heterocycles. The van der Waals surface area contributed by atoms with Crippen LogP contribution in [0, 0.1) is 5.92 Å². The quantitative estimate of drug-likeness (QED) is 0.285. The van der Waals surface area contributed by atoms with E-state index < -0.39 is 17.9 Å². The minimum absolute atomic E-state index is 0.0274. The first kappa shape index (κ1) is 16.8. The third-order valence-corrected chi connectivity index (χ3v) is 2.01. The van der Waals surface area contributed by atoms with Crippen molar-refractivity contribution in [3.05, 3.63) is 24.3 Å². The normalized spacial score (nSPS) is 9.42. The van der Waals surface area contributed by atoms with Crippen LogP contribution in [0.25, 0.3) is 0 Å². The minimum atomic E-state index is -0.550. The molecule has 0 unspecified atom stereocenters. The summed E-state index contributed by atoms with van der Waals surface area (Å²) in [6, 6.07) is 0. The smallest absolute Gasteiger partial charge is 0.333 e. The fourth-order valence-electron chi connectivity index (χ4n) is 0.953. The number of hydrogen-bond acceptors (Lipinski definition) is 6. The Hall–Kier alpha value is -2.20. The molecular formula is C13H17NO5. The van der Waals surface area contributed by atoms with Crippen molar-refractivity contribution in [1.82, 2.24) is 0 Å². The predicted octanol–water partition coefficient (Wildman–Crippen LogP) is 1.18. The van der Waals surface area contributed by atoms with Crippen molar-refractivity contribution in [2.45, 2.75) is 13.8 Å². The molecule has 0 aromatic heterocycles. The van der Waals surface area contributed by atoms with Crippen molar-refractivity contribution in [3.8, 4) is 0 Å². The molecule has 0 radical (unpaired) electrons. The van der Waals surface area contributed by atoms with Crippen LogP contribution in [0.15, 0.2) is 29.3 Å². The zero-order valence-corrected chi connectivity index (χ0v) is 11.1. The molecule has 0 N–H and O–H groups in total. The maximum atomic E-state index is 11.2. The second-order valence-corrected chi connectivity index (χ2v) is 4.06. The molecule has 0 atom stereocenters. The second kappa shape index (κ2) is 8.83. The lowest BCUT2D eigenvalue weighted by Gasteiger charge is -2.14.